The van der Waals surface area contributed by atoms with Crippen LogP contribution in [0.1, 0.15) is 44.6 Å². The molecule has 1 amide bonds. The van der Waals surface area contributed by atoms with Gasteiger partial charge in [-0.25, -0.2) is 0 Å². The number of rotatable bonds is 3. The summed E-state index contributed by atoms with van der Waals surface area (Å²) in [5, 5.41) is 9.98. The summed E-state index contributed by atoms with van der Waals surface area (Å²) in [5.74, 6) is 0.0258. The molecule has 2 aromatic carbocycles. The molecule has 30 heavy (non-hydrogen) atoms. The zero-order valence-corrected chi connectivity index (χ0v) is 18.8. The van der Waals surface area contributed by atoms with Crippen LogP contribution in [0.5, 0.6) is 11.5 Å². The fourth-order valence-electron chi connectivity index (χ4n) is 4.52. The molecule has 1 unspecified atom stereocenters. The molecule has 0 saturated carbocycles. The number of carbonyl (C=O) groups is 2. The molecule has 1 N–H and O–H groups in total. The number of carbonyl (C=O) groups excluding carboxylic acids is 2. The molecule has 0 fully saturated rings. The summed E-state index contributed by atoms with van der Waals surface area (Å²) in [6.07, 6.45) is 1.25. The summed E-state index contributed by atoms with van der Waals surface area (Å²) >= 11 is 3.56. The van der Waals surface area contributed by atoms with Crippen LogP contribution in [0.4, 0.5) is 5.69 Å². The van der Waals surface area contributed by atoms with E-state index in [-0.39, 0.29) is 35.2 Å². The van der Waals surface area contributed by atoms with Gasteiger partial charge in [0.2, 0.25) is 5.91 Å². The Morgan fingerprint density at radius 1 is 1.13 bits per heavy atom. The lowest BCUT2D eigenvalue weighted by atomic mass is 9.69. The van der Waals surface area contributed by atoms with Crippen LogP contribution in [0.15, 0.2) is 58.2 Å². The SMILES string of the molecule is COc1cc(C2CC(=O)N(c3ccccc3Br)C3=C2C(=O)CC(C)(C)C3)ccc1O. The van der Waals surface area contributed by atoms with E-state index in [1.807, 2.05) is 24.3 Å². The zero-order valence-electron chi connectivity index (χ0n) is 17.2. The van der Waals surface area contributed by atoms with E-state index in [4.69, 9.17) is 4.74 Å². The molecule has 0 bridgehead atoms. The fraction of sp³-hybridized carbons (Fsp3) is 0.333. The lowest BCUT2D eigenvalue weighted by Gasteiger charge is -2.43. The molecule has 0 saturated heterocycles. The molecule has 0 spiro atoms. The van der Waals surface area contributed by atoms with E-state index in [0.717, 1.165) is 21.4 Å². The van der Waals surface area contributed by atoms with Gasteiger partial charge in [0.15, 0.2) is 17.3 Å². The van der Waals surface area contributed by atoms with Gasteiger partial charge in [-0.15, -0.1) is 0 Å². The summed E-state index contributed by atoms with van der Waals surface area (Å²) in [6, 6.07) is 12.6. The van der Waals surface area contributed by atoms with Crippen molar-refractivity contribution in [3.8, 4) is 11.5 Å². The van der Waals surface area contributed by atoms with E-state index in [1.54, 1.807) is 23.1 Å². The normalized spacial score (nSPS) is 20.9. The lowest BCUT2D eigenvalue weighted by Crippen LogP contribution is -2.43. The number of aromatic hydroxyl groups is 1. The van der Waals surface area contributed by atoms with Crippen molar-refractivity contribution >= 4 is 33.3 Å². The number of para-hydroxylation sites is 1. The second-order valence-electron chi connectivity index (χ2n) is 8.67. The summed E-state index contributed by atoms with van der Waals surface area (Å²) in [4.78, 5) is 28.4. The third kappa shape index (κ3) is 3.54. The highest BCUT2D eigenvalue weighted by Gasteiger charge is 2.44. The summed E-state index contributed by atoms with van der Waals surface area (Å²) in [5.41, 5.74) is 2.78. The van der Waals surface area contributed by atoms with Crippen molar-refractivity contribution in [3.05, 3.63) is 63.8 Å². The Bertz CT molecular complexity index is 1070. The van der Waals surface area contributed by atoms with Gasteiger partial charge in [-0.2, -0.15) is 0 Å². The van der Waals surface area contributed by atoms with E-state index in [0.29, 0.717) is 24.2 Å². The highest BCUT2D eigenvalue weighted by Crippen LogP contribution is 2.49. The second kappa shape index (κ2) is 7.58. The van der Waals surface area contributed by atoms with Crippen LogP contribution in [0.3, 0.4) is 0 Å². The Morgan fingerprint density at radius 2 is 1.87 bits per heavy atom. The smallest absolute Gasteiger partial charge is 0.232 e. The van der Waals surface area contributed by atoms with Crippen molar-refractivity contribution in [2.75, 3.05) is 12.0 Å². The largest absolute Gasteiger partial charge is 0.504 e. The lowest BCUT2D eigenvalue weighted by molar-refractivity contribution is -0.121. The van der Waals surface area contributed by atoms with Gasteiger partial charge in [0, 0.05) is 34.5 Å². The molecule has 5 nitrogen and oxygen atoms in total. The predicted molar refractivity (Wildman–Crippen MR) is 119 cm³/mol. The number of Topliss-reactive ketones (excluding diaryl/α,β-unsaturated/α-hetero) is 1. The number of benzene rings is 2. The Labute approximate surface area is 184 Å². The number of phenolic OH excluding ortho intramolecular Hbond substituents is 1. The molecular weight excluding hydrogens is 446 g/mol. The molecule has 1 aliphatic carbocycles. The Morgan fingerprint density at radius 3 is 2.57 bits per heavy atom. The van der Waals surface area contributed by atoms with Gasteiger partial charge in [0.05, 0.1) is 12.8 Å². The van der Waals surface area contributed by atoms with Gasteiger partial charge >= 0.3 is 0 Å². The molecule has 1 heterocycles. The minimum Gasteiger partial charge on any atom is -0.504 e. The quantitative estimate of drug-likeness (QED) is 0.659. The molecule has 2 aliphatic rings. The molecule has 1 atom stereocenters. The van der Waals surface area contributed by atoms with E-state index in [9.17, 15) is 14.7 Å². The van der Waals surface area contributed by atoms with Crippen LogP contribution in [0.25, 0.3) is 0 Å². The predicted octanol–water partition coefficient (Wildman–Crippen LogP) is 5.33. The van der Waals surface area contributed by atoms with E-state index >= 15 is 0 Å². The maximum atomic E-state index is 13.4. The standard InChI is InChI=1S/C24H24BrNO4/c1-24(2)12-18-23(20(28)13-24)15(14-8-9-19(27)21(10-14)30-3)11-22(29)26(18)17-7-5-4-6-16(17)25/h4-10,15,27H,11-13H2,1-3H3. The van der Waals surface area contributed by atoms with E-state index in [1.165, 1.54) is 7.11 Å². The second-order valence-corrected chi connectivity index (χ2v) is 9.52. The third-order valence-corrected chi connectivity index (χ3v) is 6.51. The number of phenols is 1. The maximum absolute atomic E-state index is 13.4. The van der Waals surface area contributed by atoms with Crippen LogP contribution in [-0.4, -0.2) is 23.9 Å². The fourth-order valence-corrected chi connectivity index (χ4v) is 4.99. The molecule has 6 heteroatoms. The number of allylic oxidation sites excluding steroid dienone is 2. The van der Waals surface area contributed by atoms with Crippen LogP contribution in [-0.2, 0) is 9.59 Å². The van der Waals surface area contributed by atoms with Crippen molar-refractivity contribution in [3.63, 3.8) is 0 Å². The van der Waals surface area contributed by atoms with Gasteiger partial charge in [-0.1, -0.05) is 32.0 Å². The molecule has 0 radical (unpaired) electrons. The summed E-state index contributed by atoms with van der Waals surface area (Å²) in [7, 11) is 1.48. The molecule has 156 valence electrons. The Balaban J connectivity index is 1.91. The van der Waals surface area contributed by atoms with Gasteiger partial charge in [-0.05, 0) is 57.6 Å². The monoisotopic (exact) mass is 469 g/mol. The number of ketones is 1. The van der Waals surface area contributed by atoms with Crippen LogP contribution in [0, 0.1) is 5.41 Å². The number of ether oxygens (including phenoxy) is 1. The Hall–Kier alpha value is -2.60. The van der Waals surface area contributed by atoms with Crippen molar-refractivity contribution in [1.82, 2.24) is 0 Å². The average molecular weight is 470 g/mol. The molecule has 0 aromatic heterocycles. The summed E-state index contributed by atoms with van der Waals surface area (Å²) in [6.45, 7) is 4.12. The number of nitrogens with zero attached hydrogens (tertiary/aromatic N) is 1. The molecule has 4 rings (SSSR count). The van der Waals surface area contributed by atoms with Crippen molar-refractivity contribution < 1.29 is 19.4 Å². The number of hydrogen-bond donors (Lipinski definition) is 1. The molecular formula is C24H24BrNO4. The zero-order chi connectivity index (χ0) is 21.6. The van der Waals surface area contributed by atoms with Crippen LogP contribution < -0.4 is 9.64 Å². The highest BCUT2D eigenvalue weighted by atomic mass is 79.9. The van der Waals surface area contributed by atoms with Crippen molar-refractivity contribution in [2.45, 2.75) is 39.0 Å². The first-order chi connectivity index (χ1) is 14.2. The minimum absolute atomic E-state index is 0.0311. The van der Waals surface area contributed by atoms with Gasteiger partial charge in [0.1, 0.15) is 0 Å². The minimum atomic E-state index is -0.357. The third-order valence-electron chi connectivity index (χ3n) is 5.84. The number of anilines is 1. The van der Waals surface area contributed by atoms with Gasteiger partial charge in [0.25, 0.3) is 0 Å². The average Bonchev–Trinajstić information content (AvgIpc) is 2.68. The molecule has 1 aliphatic heterocycles. The van der Waals surface area contributed by atoms with Crippen LogP contribution >= 0.6 is 15.9 Å². The van der Waals surface area contributed by atoms with Crippen molar-refractivity contribution in [2.24, 2.45) is 5.41 Å². The maximum Gasteiger partial charge on any atom is 0.232 e. The van der Waals surface area contributed by atoms with Gasteiger partial charge < -0.3 is 9.84 Å². The topological polar surface area (TPSA) is 66.8 Å². The number of halogens is 1. The number of hydrogen-bond acceptors (Lipinski definition) is 4. The van der Waals surface area contributed by atoms with E-state index in [2.05, 4.69) is 29.8 Å². The first-order valence-electron chi connectivity index (χ1n) is 9.92. The molecule has 2 aromatic rings. The Kier molecular flexibility index (Phi) is 5.22. The number of amides is 1. The summed E-state index contributed by atoms with van der Waals surface area (Å²) < 4.78 is 6.06. The highest BCUT2D eigenvalue weighted by molar-refractivity contribution is 9.10. The first kappa shape index (κ1) is 20.7. The van der Waals surface area contributed by atoms with E-state index < -0.39 is 0 Å². The van der Waals surface area contributed by atoms with Crippen molar-refractivity contribution in [1.29, 1.82) is 0 Å². The van der Waals surface area contributed by atoms with Gasteiger partial charge in [-0.3, -0.25) is 14.5 Å². The first-order valence-corrected chi connectivity index (χ1v) is 10.7. The number of methoxy groups -OCH3 is 1. The van der Waals surface area contributed by atoms with Crippen LogP contribution in [0.2, 0.25) is 0 Å².